The van der Waals surface area contributed by atoms with Crippen LogP contribution in [0.25, 0.3) is 0 Å². The van der Waals surface area contributed by atoms with Gasteiger partial charge in [-0.05, 0) is 38.1 Å². The molecule has 0 radical (unpaired) electrons. The molecule has 24 heavy (non-hydrogen) atoms. The molecule has 1 heterocycles. The fourth-order valence-corrected chi connectivity index (χ4v) is 2.48. The molecule has 1 N–H and O–H groups in total. The van der Waals surface area contributed by atoms with E-state index < -0.39 is 0 Å². The zero-order valence-corrected chi connectivity index (χ0v) is 14.5. The van der Waals surface area contributed by atoms with Gasteiger partial charge in [0.2, 0.25) is 5.91 Å². The van der Waals surface area contributed by atoms with E-state index in [1.807, 2.05) is 23.6 Å². The molecule has 0 atom stereocenters. The second-order valence-electron chi connectivity index (χ2n) is 6.31. The zero-order chi connectivity index (χ0) is 17.7. The summed E-state index contributed by atoms with van der Waals surface area (Å²) in [5, 5.41) is 2.75. The van der Waals surface area contributed by atoms with Crippen molar-refractivity contribution < 1.29 is 14.0 Å². The van der Waals surface area contributed by atoms with Crippen molar-refractivity contribution >= 4 is 17.6 Å². The van der Waals surface area contributed by atoms with Crippen molar-refractivity contribution in [1.82, 2.24) is 14.7 Å². The van der Waals surface area contributed by atoms with Crippen molar-refractivity contribution in [3.8, 4) is 0 Å². The number of hydrogen-bond acceptors (Lipinski definition) is 3. The number of nitrogens with zero attached hydrogens (tertiary/aromatic N) is 3. The van der Waals surface area contributed by atoms with Crippen LogP contribution >= 0.6 is 0 Å². The van der Waals surface area contributed by atoms with Crippen LogP contribution in [0.2, 0.25) is 0 Å². The number of benzene rings is 1. The summed E-state index contributed by atoms with van der Waals surface area (Å²) in [5.74, 6) is -0.471. The zero-order valence-electron chi connectivity index (χ0n) is 14.5. The SMILES string of the molecule is CC(C)N(C)C(=O)N1CCN(CC(=O)Nc2ccc(F)cc2)CC1. The molecule has 0 aromatic heterocycles. The van der Waals surface area contributed by atoms with Crippen molar-refractivity contribution in [3.63, 3.8) is 0 Å². The Morgan fingerprint density at radius 3 is 2.29 bits per heavy atom. The second kappa shape index (κ2) is 8.10. The van der Waals surface area contributed by atoms with Crippen LogP contribution in [0.1, 0.15) is 13.8 Å². The second-order valence-corrected chi connectivity index (χ2v) is 6.31. The topological polar surface area (TPSA) is 55.9 Å². The molecule has 0 unspecified atom stereocenters. The van der Waals surface area contributed by atoms with Crippen molar-refractivity contribution in [2.24, 2.45) is 0 Å². The monoisotopic (exact) mass is 336 g/mol. The van der Waals surface area contributed by atoms with Gasteiger partial charge in [0.15, 0.2) is 0 Å². The van der Waals surface area contributed by atoms with E-state index in [1.165, 1.54) is 24.3 Å². The number of rotatable bonds is 4. The highest BCUT2D eigenvalue weighted by molar-refractivity contribution is 5.92. The van der Waals surface area contributed by atoms with E-state index in [2.05, 4.69) is 5.32 Å². The van der Waals surface area contributed by atoms with Gasteiger partial charge in [-0.25, -0.2) is 9.18 Å². The Morgan fingerprint density at radius 1 is 1.17 bits per heavy atom. The summed E-state index contributed by atoms with van der Waals surface area (Å²) < 4.78 is 12.8. The average Bonchev–Trinajstić information content (AvgIpc) is 2.56. The summed E-state index contributed by atoms with van der Waals surface area (Å²) in [4.78, 5) is 29.8. The van der Waals surface area contributed by atoms with Gasteiger partial charge in [-0.1, -0.05) is 0 Å². The van der Waals surface area contributed by atoms with Crippen molar-refractivity contribution in [2.75, 3.05) is 45.1 Å². The van der Waals surface area contributed by atoms with Crippen LogP contribution in [0.3, 0.4) is 0 Å². The maximum Gasteiger partial charge on any atom is 0.320 e. The van der Waals surface area contributed by atoms with Gasteiger partial charge >= 0.3 is 6.03 Å². The number of urea groups is 1. The summed E-state index contributed by atoms with van der Waals surface area (Å²) in [6.07, 6.45) is 0. The van der Waals surface area contributed by atoms with Crippen LogP contribution in [-0.4, -0.2) is 72.5 Å². The molecule has 132 valence electrons. The lowest BCUT2D eigenvalue weighted by Crippen LogP contribution is -2.54. The molecule has 0 spiro atoms. The number of piperazine rings is 1. The first kappa shape index (κ1) is 18.2. The third-order valence-electron chi connectivity index (χ3n) is 4.21. The first-order valence-electron chi connectivity index (χ1n) is 8.16. The fourth-order valence-electron chi connectivity index (χ4n) is 2.48. The van der Waals surface area contributed by atoms with E-state index in [4.69, 9.17) is 0 Å². The van der Waals surface area contributed by atoms with Crippen LogP contribution in [0.15, 0.2) is 24.3 Å². The number of nitrogens with one attached hydrogen (secondary N) is 1. The fraction of sp³-hybridized carbons (Fsp3) is 0.529. The average molecular weight is 336 g/mol. The van der Waals surface area contributed by atoms with Gasteiger partial charge in [0.05, 0.1) is 6.54 Å². The molecule has 6 nitrogen and oxygen atoms in total. The molecule has 7 heteroatoms. The van der Waals surface area contributed by atoms with E-state index in [9.17, 15) is 14.0 Å². The highest BCUT2D eigenvalue weighted by atomic mass is 19.1. The molecule has 0 bridgehead atoms. The summed E-state index contributed by atoms with van der Waals surface area (Å²) in [6, 6.07) is 5.88. The molecule has 1 aromatic rings. The minimum absolute atomic E-state index is 0.0282. The van der Waals surface area contributed by atoms with Gasteiger partial charge < -0.3 is 15.1 Å². The first-order valence-corrected chi connectivity index (χ1v) is 8.16. The predicted molar refractivity (Wildman–Crippen MR) is 91.3 cm³/mol. The number of halogens is 1. The Morgan fingerprint density at radius 2 is 1.75 bits per heavy atom. The number of carbonyl (C=O) groups excluding carboxylic acids is 2. The molecule has 3 amide bonds. The first-order chi connectivity index (χ1) is 11.4. The Balaban J connectivity index is 1.77. The molecule has 1 aliphatic rings. The standard InChI is InChI=1S/C17H25FN4O2/c1-13(2)20(3)17(24)22-10-8-21(9-11-22)12-16(23)19-15-6-4-14(18)5-7-15/h4-7,13H,8-12H2,1-3H3,(H,19,23). The molecule has 0 saturated carbocycles. The molecule has 1 fully saturated rings. The highest BCUT2D eigenvalue weighted by Gasteiger charge is 2.25. The van der Waals surface area contributed by atoms with Crippen LogP contribution in [-0.2, 0) is 4.79 Å². The lowest BCUT2D eigenvalue weighted by molar-refractivity contribution is -0.117. The molecular formula is C17H25FN4O2. The Bertz CT molecular complexity index is 568. The third-order valence-corrected chi connectivity index (χ3v) is 4.21. The minimum Gasteiger partial charge on any atom is -0.325 e. The van der Waals surface area contributed by atoms with Crippen molar-refractivity contribution in [1.29, 1.82) is 0 Å². The van der Waals surface area contributed by atoms with Crippen LogP contribution in [0, 0.1) is 5.82 Å². The normalized spacial score (nSPS) is 15.5. The third kappa shape index (κ3) is 4.92. The lowest BCUT2D eigenvalue weighted by atomic mass is 10.3. The molecule has 1 aromatic carbocycles. The number of carbonyl (C=O) groups is 2. The quantitative estimate of drug-likeness (QED) is 0.913. The summed E-state index contributed by atoms with van der Waals surface area (Å²) >= 11 is 0. The van der Waals surface area contributed by atoms with Gasteiger partial charge in [0.25, 0.3) is 0 Å². The van der Waals surface area contributed by atoms with E-state index in [-0.39, 0.29) is 30.3 Å². The Kier molecular flexibility index (Phi) is 6.14. The predicted octanol–water partition coefficient (Wildman–Crippen LogP) is 1.84. The Labute approximate surface area is 142 Å². The number of anilines is 1. The Hall–Kier alpha value is -2.15. The van der Waals surface area contributed by atoms with Crippen molar-refractivity contribution in [3.05, 3.63) is 30.1 Å². The van der Waals surface area contributed by atoms with Gasteiger partial charge in [-0.3, -0.25) is 9.69 Å². The number of amides is 3. The largest absolute Gasteiger partial charge is 0.325 e. The van der Waals surface area contributed by atoms with Gasteiger partial charge in [0.1, 0.15) is 5.82 Å². The number of hydrogen-bond donors (Lipinski definition) is 1. The smallest absolute Gasteiger partial charge is 0.320 e. The van der Waals surface area contributed by atoms with Crippen molar-refractivity contribution in [2.45, 2.75) is 19.9 Å². The van der Waals surface area contributed by atoms with E-state index >= 15 is 0 Å². The van der Waals surface area contributed by atoms with E-state index in [0.29, 0.717) is 31.9 Å². The van der Waals surface area contributed by atoms with Crippen LogP contribution in [0.4, 0.5) is 14.9 Å². The van der Waals surface area contributed by atoms with Crippen LogP contribution in [0.5, 0.6) is 0 Å². The molecule has 1 aliphatic heterocycles. The van der Waals surface area contributed by atoms with Gasteiger partial charge in [0, 0.05) is 45.0 Å². The van der Waals surface area contributed by atoms with Gasteiger partial charge in [-0.2, -0.15) is 0 Å². The summed E-state index contributed by atoms with van der Waals surface area (Å²) in [7, 11) is 1.80. The van der Waals surface area contributed by atoms with Gasteiger partial charge in [-0.15, -0.1) is 0 Å². The van der Waals surface area contributed by atoms with E-state index in [1.54, 1.807) is 11.9 Å². The molecule has 0 aliphatic carbocycles. The lowest BCUT2D eigenvalue weighted by Gasteiger charge is -2.37. The highest BCUT2D eigenvalue weighted by Crippen LogP contribution is 2.10. The van der Waals surface area contributed by atoms with Crippen LogP contribution < -0.4 is 5.32 Å². The molecule has 2 rings (SSSR count). The minimum atomic E-state index is -0.333. The summed E-state index contributed by atoms with van der Waals surface area (Å²) in [5.41, 5.74) is 0.578. The molecular weight excluding hydrogens is 311 g/mol. The summed E-state index contributed by atoms with van der Waals surface area (Å²) in [6.45, 7) is 6.77. The molecule has 1 saturated heterocycles. The maximum absolute atomic E-state index is 12.8. The van der Waals surface area contributed by atoms with E-state index in [0.717, 1.165) is 0 Å². The maximum atomic E-state index is 12.8.